The van der Waals surface area contributed by atoms with E-state index in [9.17, 15) is 0 Å². The van der Waals surface area contributed by atoms with Gasteiger partial charge in [-0.05, 0) is 12.8 Å². The van der Waals surface area contributed by atoms with Crippen LogP contribution in [0.15, 0.2) is 37.0 Å². The first kappa shape index (κ1) is 12.2. The minimum Gasteiger partial charge on any atom is -0.311 e. The molecular weight excluding hydrogens is 158 g/mol. The second-order valence-electron chi connectivity index (χ2n) is 3.42. The van der Waals surface area contributed by atoms with Gasteiger partial charge in [-0.1, -0.05) is 44.2 Å². The molecule has 0 heterocycles. The summed E-state index contributed by atoms with van der Waals surface area (Å²) in [7, 11) is 0. The van der Waals surface area contributed by atoms with Gasteiger partial charge in [0.2, 0.25) is 0 Å². The first-order valence-corrected chi connectivity index (χ1v) is 4.85. The number of hydrogen-bond acceptors (Lipinski definition) is 1. The van der Waals surface area contributed by atoms with E-state index in [0.29, 0.717) is 6.04 Å². The van der Waals surface area contributed by atoms with E-state index in [-0.39, 0.29) is 0 Å². The van der Waals surface area contributed by atoms with Crippen molar-refractivity contribution in [3.8, 4) is 0 Å². The standard InChI is InChI=1S/C12H21N/c1-5-7-9-12(8-6-2)10-13-11(3)4/h5-6,8,11,13H,1-2,7,9-10H2,3-4H3/b12-8+. The number of nitrogens with one attached hydrogen (secondary N) is 1. The summed E-state index contributed by atoms with van der Waals surface area (Å²) in [6.45, 7) is 12.7. The zero-order valence-corrected chi connectivity index (χ0v) is 8.84. The van der Waals surface area contributed by atoms with Crippen LogP contribution in [0.3, 0.4) is 0 Å². The van der Waals surface area contributed by atoms with Crippen molar-refractivity contribution in [1.29, 1.82) is 0 Å². The van der Waals surface area contributed by atoms with Gasteiger partial charge >= 0.3 is 0 Å². The van der Waals surface area contributed by atoms with Gasteiger partial charge in [-0.3, -0.25) is 0 Å². The molecule has 74 valence electrons. The van der Waals surface area contributed by atoms with Crippen molar-refractivity contribution in [3.05, 3.63) is 37.0 Å². The monoisotopic (exact) mass is 179 g/mol. The van der Waals surface area contributed by atoms with Crippen LogP contribution in [0.1, 0.15) is 26.7 Å². The van der Waals surface area contributed by atoms with Crippen LogP contribution in [0.5, 0.6) is 0 Å². The molecule has 0 aromatic carbocycles. The van der Waals surface area contributed by atoms with E-state index in [1.165, 1.54) is 5.57 Å². The lowest BCUT2D eigenvalue weighted by Crippen LogP contribution is -2.24. The summed E-state index contributed by atoms with van der Waals surface area (Å²) in [5, 5.41) is 3.39. The third-order valence-corrected chi connectivity index (χ3v) is 1.76. The largest absolute Gasteiger partial charge is 0.311 e. The van der Waals surface area contributed by atoms with Gasteiger partial charge in [0.1, 0.15) is 0 Å². The van der Waals surface area contributed by atoms with E-state index in [0.717, 1.165) is 19.4 Å². The molecule has 1 nitrogen and oxygen atoms in total. The summed E-state index contributed by atoms with van der Waals surface area (Å²) < 4.78 is 0. The number of allylic oxidation sites excluding steroid dienone is 3. The SMILES string of the molecule is C=C/C=C(\CCC=C)CNC(C)C. The van der Waals surface area contributed by atoms with Gasteiger partial charge in [0.05, 0.1) is 0 Å². The Hall–Kier alpha value is -0.820. The maximum Gasteiger partial charge on any atom is 0.0170 e. The van der Waals surface area contributed by atoms with Crippen LogP contribution in [-0.2, 0) is 0 Å². The topological polar surface area (TPSA) is 12.0 Å². The van der Waals surface area contributed by atoms with E-state index < -0.39 is 0 Å². The molecule has 0 bridgehead atoms. The molecule has 0 spiro atoms. The zero-order valence-electron chi connectivity index (χ0n) is 8.84. The third kappa shape index (κ3) is 7.54. The van der Waals surface area contributed by atoms with Crippen molar-refractivity contribution >= 4 is 0 Å². The second kappa shape index (κ2) is 7.81. The average Bonchev–Trinajstić information content (AvgIpc) is 2.09. The lowest BCUT2D eigenvalue weighted by molar-refractivity contribution is 0.613. The molecule has 0 amide bonds. The fraction of sp³-hybridized carbons (Fsp3) is 0.500. The smallest absolute Gasteiger partial charge is 0.0170 e. The zero-order chi connectivity index (χ0) is 10.1. The Labute approximate surface area is 82.2 Å². The minimum absolute atomic E-state index is 0.539. The molecule has 1 N–H and O–H groups in total. The highest BCUT2D eigenvalue weighted by atomic mass is 14.9. The van der Waals surface area contributed by atoms with Gasteiger partial charge in [0.15, 0.2) is 0 Å². The molecule has 1 heteroatoms. The molecule has 0 saturated heterocycles. The normalized spacial score (nSPS) is 11.8. The Kier molecular flexibility index (Phi) is 7.32. The highest BCUT2D eigenvalue weighted by Gasteiger charge is 1.96. The van der Waals surface area contributed by atoms with E-state index in [4.69, 9.17) is 0 Å². The predicted molar refractivity (Wildman–Crippen MR) is 60.8 cm³/mol. The maximum absolute atomic E-state index is 3.71. The summed E-state index contributed by atoms with van der Waals surface area (Å²) in [5.41, 5.74) is 1.39. The van der Waals surface area contributed by atoms with Crippen LogP contribution < -0.4 is 5.32 Å². The van der Waals surface area contributed by atoms with E-state index in [1.54, 1.807) is 0 Å². The molecule has 0 unspecified atom stereocenters. The van der Waals surface area contributed by atoms with Gasteiger partial charge in [0.25, 0.3) is 0 Å². The van der Waals surface area contributed by atoms with Crippen LogP contribution >= 0.6 is 0 Å². The molecule has 0 aromatic rings. The first-order chi connectivity index (χ1) is 6.20. The molecule has 0 aliphatic carbocycles. The van der Waals surface area contributed by atoms with Gasteiger partial charge in [-0.15, -0.1) is 6.58 Å². The quantitative estimate of drug-likeness (QED) is 0.468. The van der Waals surface area contributed by atoms with Crippen molar-refractivity contribution in [2.24, 2.45) is 0 Å². The van der Waals surface area contributed by atoms with Crippen LogP contribution in [0, 0.1) is 0 Å². The van der Waals surface area contributed by atoms with Crippen molar-refractivity contribution in [1.82, 2.24) is 5.32 Å². The van der Waals surface area contributed by atoms with Crippen LogP contribution in [-0.4, -0.2) is 12.6 Å². The Morgan fingerprint density at radius 2 is 2.08 bits per heavy atom. The van der Waals surface area contributed by atoms with Crippen molar-refractivity contribution < 1.29 is 0 Å². The highest BCUT2D eigenvalue weighted by Crippen LogP contribution is 2.04. The summed E-state index contributed by atoms with van der Waals surface area (Å²) >= 11 is 0. The fourth-order valence-electron chi connectivity index (χ4n) is 1.02. The van der Waals surface area contributed by atoms with Crippen molar-refractivity contribution in [2.75, 3.05) is 6.54 Å². The number of rotatable bonds is 7. The first-order valence-electron chi connectivity index (χ1n) is 4.85. The van der Waals surface area contributed by atoms with Gasteiger partial charge in [0, 0.05) is 12.6 Å². The summed E-state index contributed by atoms with van der Waals surface area (Å²) in [6, 6.07) is 0.539. The van der Waals surface area contributed by atoms with Crippen LogP contribution in [0.2, 0.25) is 0 Å². The van der Waals surface area contributed by atoms with Crippen LogP contribution in [0.4, 0.5) is 0 Å². The molecule has 0 rings (SSSR count). The molecule has 0 aliphatic rings. The van der Waals surface area contributed by atoms with E-state index >= 15 is 0 Å². The Morgan fingerprint density at radius 1 is 1.38 bits per heavy atom. The second-order valence-corrected chi connectivity index (χ2v) is 3.42. The van der Waals surface area contributed by atoms with E-state index in [2.05, 4.69) is 38.4 Å². The lowest BCUT2D eigenvalue weighted by Gasteiger charge is -2.10. The van der Waals surface area contributed by atoms with Crippen molar-refractivity contribution in [3.63, 3.8) is 0 Å². The maximum atomic E-state index is 3.71. The van der Waals surface area contributed by atoms with Gasteiger partial charge < -0.3 is 5.32 Å². The third-order valence-electron chi connectivity index (χ3n) is 1.76. The minimum atomic E-state index is 0.539. The number of hydrogen-bond donors (Lipinski definition) is 1. The molecule has 0 saturated carbocycles. The Morgan fingerprint density at radius 3 is 2.54 bits per heavy atom. The van der Waals surface area contributed by atoms with Crippen LogP contribution in [0.25, 0.3) is 0 Å². The molecule has 0 atom stereocenters. The Bertz CT molecular complexity index is 178. The molecule has 0 radical (unpaired) electrons. The van der Waals surface area contributed by atoms with Gasteiger partial charge in [-0.25, -0.2) is 0 Å². The molecular formula is C12H21N. The molecule has 0 aromatic heterocycles. The van der Waals surface area contributed by atoms with Gasteiger partial charge in [-0.2, -0.15) is 0 Å². The highest BCUT2D eigenvalue weighted by molar-refractivity contribution is 5.12. The average molecular weight is 179 g/mol. The molecule has 0 aliphatic heterocycles. The fourth-order valence-corrected chi connectivity index (χ4v) is 1.02. The molecule has 0 fully saturated rings. The summed E-state index contributed by atoms with van der Waals surface area (Å²) in [6.07, 6.45) is 8.00. The predicted octanol–water partition coefficient (Wildman–Crippen LogP) is 3.06. The van der Waals surface area contributed by atoms with E-state index in [1.807, 2.05) is 12.2 Å². The van der Waals surface area contributed by atoms with Crippen molar-refractivity contribution in [2.45, 2.75) is 32.7 Å². The summed E-state index contributed by atoms with van der Waals surface area (Å²) in [5.74, 6) is 0. The Balaban J connectivity index is 3.87. The molecule has 13 heavy (non-hydrogen) atoms. The lowest BCUT2D eigenvalue weighted by atomic mass is 10.1. The summed E-state index contributed by atoms with van der Waals surface area (Å²) in [4.78, 5) is 0.